The van der Waals surface area contributed by atoms with Crippen molar-refractivity contribution in [3.63, 3.8) is 0 Å². The van der Waals surface area contributed by atoms with Crippen LogP contribution < -0.4 is 5.32 Å². The van der Waals surface area contributed by atoms with E-state index in [0.29, 0.717) is 5.16 Å². The fraction of sp³-hybridized carbons (Fsp3) is 0.167. The highest BCUT2D eigenvalue weighted by Gasteiger charge is 2.13. The Bertz CT molecular complexity index is 941. The van der Waals surface area contributed by atoms with E-state index in [9.17, 15) is 4.79 Å². The van der Waals surface area contributed by atoms with Crippen LogP contribution in [0.15, 0.2) is 56.6 Å². The molecule has 0 fully saturated rings. The van der Waals surface area contributed by atoms with Gasteiger partial charge in [-0.05, 0) is 42.8 Å². The number of hydrogen-bond acceptors (Lipinski definition) is 4. The molecule has 0 spiro atoms. The van der Waals surface area contributed by atoms with E-state index < -0.39 is 0 Å². The number of aryl methyl sites for hydroxylation is 1. The van der Waals surface area contributed by atoms with E-state index >= 15 is 0 Å². The highest BCUT2D eigenvalue weighted by molar-refractivity contribution is 9.10. The van der Waals surface area contributed by atoms with Gasteiger partial charge in [0.15, 0.2) is 11.0 Å². The Hall–Kier alpha value is -1.64. The van der Waals surface area contributed by atoms with Gasteiger partial charge in [-0.2, -0.15) is 0 Å². The minimum absolute atomic E-state index is 0.0788. The number of nitrogens with zero attached hydrogens (tertiary/aromatic N) is 3. The minimum Gasteiger partial charge on any atom is -0.325 e. The monoisotopic (exact) mass is 494 g/mol. The van der Waals surface area contributed by atoms with Gasteiger partial charge in [0, 0.05) is 27.2 Å². The Morgan fingerprint density at radius 2 is 1.88 bits per heavy atom. The van der Waals surface area contributed by atoms with Gasteiger partial charge in [-0.3, -0.25) is 4.79 Å². The molecule has 8 heteroatoms. The average molecular weight is 496 g/mol. The molecule has 5 nitrogen and oxygen atoms in total. The summed E-state index contributed by atoms with van der Waals surface area (Å²) in [6, 6.07) is 13.6. The van der Waals surface area contributed by atoms with Crippen molar-refractivity contribution < 1.29 is 4.79 Å². The first-order valence-corrected chi connectivity index (χ1v) is 10.4. The number of halogens is 2. The molecule has 0 saturated heterocycles. The van der Waals surface area contributed by atoms with Crippen molar-refractivity contribution in [1.29, 1.82) is 0 Å². The zero-order valence-electron chi connectivity index (χ0n) is 14.2. The molecule has 0 unspecified atom stereocenters. The standard InChI is InChI=1S/C18H16Br2N4OS/c1-11-9-14(7-8-15(11)20)21-16(25)10-26-18-23-22-17(24(18)2)12-3-5-13(19)6-4-12/h3-9H,10H2,1-2H3,(H,21,25). The second kappa shape index (κ2) is 8.37. The number of thioether (sulfide) groups is 1. The summed E-state index contributed by atoms with van der Waals surface area (Å²) in [7, 11) is 1.90. The Morgan fingerprint density at radius 3 is 2.58 bits per heavy atom. The van der Waals surface area contributed by atoms with Crippen LogP contribution in [-0.4, -0.2) is 26.4 Å². The molecule has 1 amide bonds. The van der Waals surface area contributed by atoms with Gasteiger partial charge in [0.1, 0.15) is 0 Å². The first kappa shape index (κ1) is 19.1. The Morgan fingerprint density at radius 1 is 1.15 bits per heavy atom. The third-order valence-electron chi connectivity index (χ3n) is 3.71. The van der Waals surface area contributed by atoms with Gasteiger partial charge in [-0.15, -0.1) is 10.2 Å². The molecule has 0 bridgehead atoms. The second-order valence-electron chi connectivity index (χ2n) is 5.67. The number of amides is 1. The maximum absolute atomic E-state index is 12.2. The van der Waals surface area contributed by atoms with E-state index in [0.717, 1.165) is 31.6 Å². The lowest BCUT2D eigenvalue weighted by Crippen LogP contribution is -2.14. The first-order valence-electron chi connectivity index (χ1n) is 7.78. The Kier molecular flexibility index (Phi) is 6.16. The molecule has 3 rings (SSSR count). The maximum Gasteiger partial charge on any atom is 0.234 e. The maximum atomic E-state index is 12.2. The molecule has 0 aliphatic heterocycles. The van der Waals surface area contributed by atoms with Crippen molar-refractivity contribution in [2.24, 2.45) is 7.05 Å². The van der Waals surface area contributed by atoms with Crippen LogP contribution in [0.2, 0.25) is 0 Å². The van der Waals surface area contributed by atoms with Gasteiger partial charge >= 0.3 is 0 Å². The molecule has 1 N–H and O–H groups in total. The van der Waals surface area contributed by atoms with E-state index in [1.165, 1.54) is 11.8 Å². The van der Waals surface area contributed by atoms with Crippen LogP contribution in [0, 0.1) is 6.92 Å². The van der Waals surface area contributed by atoms with Crippen LogP contribution in [0.4, 0.5) is 5.69 Å². The molecule has 3 aromatic rings. The summed E-state index contributed by atoms with van der Waals surface area (Å²) in [6.07, 6.45) is 0. The summed E-state index contributed by atoms with van der Waals surface area (Å²) in [5, 5.41) is 12.0. The lowest BCUT2D eigenvalue weighted by Gasteiger charge is -2.07. The summed E-state index contributed by atoms with van der Waals surface area (Å²) in [5.41, 5.74) is 2.83. The van der Waals surface area contributed by atoms with Crippen molar-refractivity contribution in [1.82, 2.24) is 14.8 Å². The molecular formula is C18H16Br2N4OS. The largest absolute Gasteiger partial charge is 0.325 e. The predicted octanol–water partition coefficient (Wildman–Crippen LogP) is 5.05. The number of nitrogens with one attached hydrogen (secondary N) is 1. The van der Waals surface area contributed by atoms with E-state index in [4.69, 9.17) is 0 Å². The number of hydrogen-bond donors (Lipinski definition) is 1. The molecule has 0 aliphatic rings. The summed E-state index contributed by atoms with van der Waals surface area (Å²) in [6.45, 7) is 1.98. The Balaban J connectivity index is 1.63. The molecular weight excluding hydrogens is 480 g/mol. The van der Waals surface area contributed by atoms with Gasteiger partial charge in [0.05, 0.1) is 5.75 Å². The summed E-state index contributed by atoms with van der Waals surface area (Å²) < 4.78 is 3.92. The molecule has 2 aromatic carbocycles. The third kappa shape index (κ3) is 4.55. The van der Waals surface area contributed by atoms with Crippen LogP contribution in [0.5, 0.6) is 0 Å². The van der Waals surface area contributed by atoms with Gasteiger partial charge < -0.3 is 9.88 Å². The van der Waals surface area contributed by atoms with Crippen LogP contribution in [0.25, 0.3) is 11.4 Å². The second-order valence-corrected chi connectivity index (χ2v) is 8.39. The third-order valence-corrected chi connectivity index (χ3v) is 6.15. The zero-order valence-corrected chi connectivity index (χ0v) is 18.2. The Labute approximate surface area is 172 Å². The molecule has 0 atom stereocenters. The predicted molar refractivity (Wildman–Crippen MR) is 112 cm³/mol. The quantitative estimate of drug-likeness (QED) is 0.503. The fourth-order valence-corrected chi connectivity index (χ4v) is 3.56. The molecule has 1 heterocycles. The van der Waals surface area contributed by atoms with Gasteiger partial charge in [0.2, 0.25) is 5.91 Å². The number of carbonyl (C=O) groups excluding carboxylic acids is 1. The van der Waals surface area contributed by atoms with Crippen LogP contribution in [0.1, 0.15) is 5.56 Å². The summed E-state index contributed by atoms with van der Waals surface area (Å²) >= 11 is 8.24. The minimum atomic E-state index is -0.0788. The van der Waals surface area contributed by atoms with Crippen molar-refractivity contribution in [3.05, 3.63) is 57.0 Å². The number of rotatable bonds is 5. The van der Waals surface area contributed by atoms with E-state index in [1.807, 2.05) is 61.0 Å². The smallest absolute Gasteiger partial charge is 0.234 e. The van der Waals surface area contributed by atoms with E-state index in [2.05, 4.69) is 47.4 Å². The highest BCUT2D eigenvalue weighted by Crippen LogP contribution is 2.24. The molecule has 1 aromatic heterocycles. The van der Waals surface area contributed by atoms with Gasteiger partial charge in [0.25, 0.3) is 0 Å². The molecule has 0 saturated carbocycles. The van der Waals surface area contributed by atoms with Crippen LogP contribution >= 0.6 is 43.6 Å². The number of benzene rings is 2. The molecule has 0 radical (unpaired) electrons. The van der Waals surface area contributed by atoms with Crippen molar-refractivity contribution in [3.8, 4) is 11.4 Å². The first-order chi connectivity index (χ1) is 12.4. The van der Waals surface area contributed by atoms with E-state index in [-0.39, 0.29) is 11.7 Å². The normalized spacial score (nSPS) is 10.8. The molecule has 26 heavy (non-hydrogen) atoms. The van der Waals surface area contributed by atoms with Crippen LogP contribution in [-0.2, 0) is 11.8 Å². The average Bonchev–Trinajstić information content (AvgIpc) is 2.98. The van der Waals surface area contributed by atoms with Crippen molar-refractivity contribution in [2.75, 3.05) is 11.1 Å². The zero-order chi connectivity index (χ0) is 18.7. The lowest BCUT2D eigenvalue weighted by molar-refractivity contribution is -0.113. The topological polar surface area (TPSA) is 59.8 Å². The van der Waals surface area contributed by atoms with Gasteiger partial charge in [-0.25, -0.2) is 0 Å². The molecule has 134 valence electrons. The molecule has 0 aliphatic carbocycles. The van der Waals surface area contributed by atoms with Crippen molar-refractivity contribution >= 4 is 55.2 Å². The van der Waals surface area contributed by atoms with Gasteiger partial charge in [-0.1, -0.05) is 55.8 Å². The highest BCUT2D eigenvalue weighted by atomic mass is 79.9. The SMILES string of the molecule is Cc1cc(NC(=O)CSc2nnc(-c3ccc(Br)cc3)n2C)ccc1Br. The van der Waals surface area contributed by atoms with Crippen LogP contribution in [0.3, 0.4) is 0 Å². The fourth-order valence-electron chi connectivity index (χ4n) is 2.34. The summed E-state index contributed by atoms with van der Waals surface area (Å²) in [5.74, 6) is 0.954. The number of aromatic nitrogens is 3. The van der Waals surface area contributed by atoms with E-state index in [1.54, 1.807) is 0 Å². The lowest BCUT2D eigenvalue weighted by atomic mass is 10.2. The number of carbonyl (C=O) groups is 1. The summed E-state index contributed by atoms with van der Waals surface area (Å²) in [4.78, 5) is 12.2. The number of anilines is 1. The van der Waals surface area contributed by atoms with Crippen molar-refractivity contribution in [2.45, 2.75) is 12.1 Å².